The maximum absolute atomic E-state index is 6.01. The Morgan fingerprint density at radius 1 is 1.22 bits per heavy atom. The van der Waals surface area contributed by atoms with Crippen LogP contribution in [-0.2, 0) is 5.41 Å². The van der Waals surface area contributed by atoms with Gasteiger partial charge in [-0.2, -0.15) is 4.98 Å². The zero-order valence-corrected chi connectivity index (χ0v) is 12.9. The highest BCUT2D eigenvalue weighted by Gasteiger charge is 2.20. The van der Waals surface area contributed by atoms with Gasteiger partial charge in [0, 0.05) is 11.5 Å². The maximum Gasteiger partial charge on any atom is 0.218 e. The molecule has 0 aliphatic rings. The number of ether oxygens (including phenoxy) is 1. The van der Waals surface area contributed by atoms with Crippen LogP contribution in [0.2, 0.25) is 5.15 Å². The Morgan fingerprint density at radius 2 is 1.83 bits per heavy atom. The summed E-state index contributed by atoms with van der Waals surface area (Å²) in [6, 6.07) is 1.67. The second kappa shape index (κ2) is 5.87. The van der Waals surface area contributed by atoms with Crippen molar-refractivity contribution in [2.24, 2.45) is 5.92 Å². The van der Waals surface area contributed by atoms with Gasteiger partial charge >= 0.3 is 0 Å². The fraction of sp³-hybridized carbons (Fsp3) is 0.714. The van der Waals surface area contributed by atoms with Gasteiger partial charge in [0.25, 0.3) is 0 Å². The second-order valence-corrected chi connectivity index (χ2v) is 6.55. The lowest BCUT2D eigenvalue weighted by Gasteiger charge is -2.20. The molecular formula is C14H23ClN2O. The Morgan fingerprint density at radius 3 is 2.33 bits per heavy atom. The fourth-order valence-corrected chi connectivity index (χ4v) is 1.88. The van der Waals surface area contributed by atoms with Gasteiger partial charge in [-0.1, -0.05) is 46.2 Å². The smallest absolute Gasteiger partial charge is 0.218 e. The lowest BCUT2D eigenvalue weighted by atomic mass is 9.96. The number of hydrogen-bond acceptors (Lipinski definition) is 3. The summed E-state index contributed by atoms with van der Waals surface area (Å²) in [5.74, 6) is 1.87. The van der Waals surface area contributed by atoms with Crippen LogP contribution < -0.4 is 4.74 Å². The molecule has 1 unspecified atom stereocenters. The van der Waals surface area contributed by atoms with Crippen molar-refractivity contribution in [1.82, 2.24) is 9.97 Å². The summed E-state index contributed by atoms with van der Waals surface area (Å²) in [5.41, 5.74) is -0.135. The van der Waals surface area contributed by atoms with Crippen LogP contribution in [0.4, 0.5) is 0 Å². The summed E-state index contributed by atoms with van der Waals surface area (Å²) in [4.78, 5) is 8.68. The van der Waals surface area contributed by atoms with E-state index in [1.54, 1.807) is 6.07 Å². The van der Waals surface area contributed by atoms with E-state index in [1.807, 2.05) is 6.92 Å². The molecule has 0 amide bonds. The van der Waals surface area contributed by atoms with Crippen LogP contribution in [0, 0.1) is 5.92 Å². The number of hydrogen-bond donors (Lipinski definition) is 0. The molecule has 0 saturated carbocycles. The first-order valence-corrected chi connectivity index (χ1v) is 6.78. The average molecular weight is 271 g/mol. The van der Waals surface area contributed by atoms with E-state index in [0.29, 0.717) is 22.8 Å². The molecule has 0 aliphatic heterocycles. The van der Waals surface area contributed by atoms with Crippen LogP contribution in [0.3, 0.4) is 0 Å². The monoisotopic (exact) mass is 270 g/mol. The van der Waals surface area contributed by atoms with Gasteiger partial charge in [0.1, 0.15) is 11.0 Å². The third-order valence-electron chi connectivity index (χ3n) is 2.47. The topological polar surface area (TPSA) is 35.0 Å². The van der Waals surface area contributed by atoms with E-state index in [2.05, 4.69) is 44.6 Å². The molecule has 0 radical (unpaired) electrons. The predicted molar refractivity (Wildman–Crippen MR) is 75.3 cm³/mol. The molecule has 0 N–H and O–H groups in total. The second-order valence-electron chi connectivity index (χ2n) is 6.16. The highest BCUT2D eigenvalue weighted by molar-refractivity contribution is 6.29. The molecular weight excluding hydrogens is 248 g/mol. The molecule has 18 heavy (non-hydrogen) atoms. The molecule has 3 nitrogen and oxygen atoms in total. The summed E-state index contributed by atoms with van der Waals surface area (Å²) in [6.45, 7) is 12.6. The van der Waals surface area contributed by atoms with Crippen LogP contribution in [0.5, 0.6) is 5.88 Å². The van der Waals surface area contributed by atoms with E-state index in [9.17, 15) is 0 Å². The third kappa shape index (κ3) is 4.81. The zero-order chi connectivity index (χ0) is 13.9. The van der Waals surface area contributed by atoms with E-state index in [1.165, 1.54) is 0 Å². The van der Waals surface area contributed by atoms with Crippen molar-refractivity contribution in [3.63, 3.8) is 0 Å². The van der Waals surface area contributed by atoms with Crippen LogP contribution >= 0.6 is 11.6 Å². The number of rotatable bonds is 4. The molecule has 1 aromatic heterocycles. The molecule has 1 atom stereocenters. The molecule has 1 heterocycles. The van der Waals surface area contributed by atoms with E-state index in [-0.39, 0.29) is 11.5 Å². The number of nitrogens with zero attached hydrogens (tertiary/aromatic N) is 2. The predicted octanol–water partition coefficient (Wildman–Crippen LogP) is 4.24. The fourth-order valence-electron chi connectivity index (χ4n) is 1.71. The molecule has 0 aliphatic carbocycles. The van der Waals surface area contributed by atoms with Crippen molar-refractivity contribution in [1.29, 1.82) is 0 Å². The molecule has 4 heteroatoms. The van der Waals surface area contributed by atoms with Crippen LogP contribution in [0.15, 0.2) is 6.07 Å². The molecule has 102 valence electrons. The molecule has 1 aromatic rings. The summed E-state index contributed by atoms with van der Waals surface area (Å²) < 4.78 is 5.81. The number of halogens is 1. The lowest BCUT2D eigenvalue weighted by molar-refractivity contribution is 0.184. The van der Waals surface area contributed by atoms with Gasteiger partial charge in [-0.3, -0.25) is 0 Å². The average Bonchev–Trinajstić information content (AvgIpc) is 2.13. The van der Waals surface area contributed by atoms with Crippen molar-refractivity contribution in [3.8, 4) is 5.88 Å². The van der Waals surface area contributed by atoms with E-state index >= 15 is 0 Å². The summed E-state index contributed by atoms with van der Waals surface area (Å²) in [6.07, 6.45) is 1.12. The Labute approximate surface area is 115 Å². The molecule has 0 fully saturated rings. The Kier molecular flexibility index (Phi) is 4.97. The van der Waals surface area contributed by atoms with Crippen molar-refractivity contribution in [2.45, 2.75) is 59.5 Å². The Balaban J connectivity index is 2.87. The summed E-state index contributed by atoms with van der Waals surface area (Å²) in [7, 11) is 0. The van der Waals surface area contributed by atoms with E-state index in [0.717, 1.165) is 6.42 Å². The van der Waals surface area contributed by atoms with Crippen molar-refractivity contribution >= 4 is 11.6 Å². The first-order chi connectivity index (χ1) is 8.18. The van der Waals surface area contributed by atoms with Gasteiger partial charge < -0.3 is 4.74 Å². The third-order valence-corrected chi connectivity index (χ3v) is 2.66. The molecule has 0 spiro atoms. The summed E-state index contributed by atoms with van der Waals surface area (Å²) in [5, 5.41) is 0.432. The number of aromatic nitrogens is 2. The van der Waals surface area contributed by atoms with Crippen LogP contribution in [-0.4, -0.2) is 16.1 Å². The SMILES string of the molecule is CC(C)CC(C)Oc1cc(Cl)nc(C(C)(C)C)n1. The van der Waals surface area contributed by atoms with Gasteiger partial charge in [-0.15, -0.1) is 0 Å². The molecule has 0 bridgehead atoms. The normalized spacial score (nSPS) is 13.8. The molecule has 0 saturated heterocycles. The highest BCUT2D eigenvalue weighted by atomic mass is 35.5. The van der Waals surface area contributed by atoms with Gasteiger partial charge in [-0.05, 0) is 19.3 Å². The first kappa shape index (κ1) is 15.2. The van der Waals surface area contributed by atoms with E-state index in [4.69, 9.17) is 16.3 Å². The van der Waals surface area contributed by atoms with Crippen molar-refractivity contribution in [3.05, 3.63) is 17.0 Å². The van der Waals surface area contributed by atoms with Gasteiger partial charge in [-0.25, -0.2) is 4.98 Å². The Hall–Kier alpha value is -0.830. The molecule has 0 aromatic carbocycles. The minimum absolute atomic E-state index is 0.129. The maximum atomic E-state index is 6.01. The van der Waals surface area contributed by atoms with Crippen LogP contribution in [0.1, 0.15) is 53.8 Å². The van der Waals surface area contributed by atoms with E-state index < -0.39 is 0 Å². The Bertz CT molecular complexity index is 399. The van der Waals surface area contributed by atoms with Gasteiger partial charge in [0.15, 0.2) is 0 Å². The van der Waals surface area contributed by atoms with Crippen molar-refractivity contribution < 1.29 is 4.74 Å². The minimum atomic E-state index is -0.135. The summed E-state index contributed by atoms with van der Waals surface area (Å²) >= 11 is 6.01. The highest BCUT2D eigenvalue weighted by Crippen LogP contribution is 2.24. The molecule has 1 rings (SSSR count). The quantitative estimate of drug-likeness (QED) is 0.768. The van der Waals surface area contributed by atoms with Gasteiger partial charge in [0.05, 0.1) is 6.10 Å². The minimum Gasteiger partial charge on any atom is -0.475 e. The first-order valence-electron chi connectivity index (χ1n) is 6.40. The van der Waals surface area contributed by atoms with Crippen LogP contribution in [0.25, 0.3) is 0 Å². The zero-order valence-electron chi connectivity index (χ0n) is 12.1. The largest absolute Gasteiger partial charge is 0.475 e. The lowest BCUT2D eigenvalue weighted by Crippen LogP contribution is -2.19. The van der Waals surface area contributed by atoms with Crippen molar-refractivity contribution in [2.75, 3.05) is 0 Å². The van der Waals surface area contributed by atoms with Gasteiger partial charge in [0.2, 0.25) is 5.88 Å². The standard InChI is InChI=1S/C14H23ClN2O/c1-9(2)7-10(3)18-12-8-11(15)16-13(17-12)14(4,5)6/h8-10H,7H2,1-6H3.